The highest BCUT2D eigenvalue weighted by Crippen LogP contribution is 2.33. The molecular formula is C18H11ClF3N3O2. The number of aromatic nitrogens is 2. The predicted molar refractivity (Wildman–Crippen MR) is 90.8 cm³/mol. The maximum absolute atomic E-state index is 14.0. The van der Waals surface area contributed by atoms with E-state index in [1.165, 1.54) is 23.1 Å². The molecule has 2 heterocycles. The van der Waals surface area contributed by atoms with Gasteiger partial charge in [0.15, 0.2) is 0 Å². The molecule has 0 spiro atoms. The van der Waals surface area contributed by atoms with E-state index in [0.29, 0.717) is 5.56 Å². The van der Waals surface area contributed by atoms with Crippen LogP contribution in [0, 0.1) is 17.5 Å². The van der Waals surface area contributed by atoms with E-state index in [0.717, 1.165) is 12.1 Å². The largest absolute Gasteiger partial charge is 0.339 e. The molecule has 0 saturated carbocycles. The highest BCUT2D eigenvalue weighted by molar-refractivity contribution is 6.30. The first-order valence-corrected chi connectivity index (χ1v) is 8.34. The Bertz CT molecular complexity index is 1040. The Balaban J connectivity index is 1.57. The minimum Gasteiger partial charge on any atom is -0.339 e. The van der Waals surface area contributed by atoms with Crippen LogP contribution >= 0.6 is 11.6 Å². The number of anilines is 1. The molecule has 1 aliphatic rings. The van der Waals surface area contributed by atoms with Crippen molar-refractivity contribution < 1.29 is 22.5 Å². The van der Waals surface area contributed by atoms with Crippen molar-refractivity contribution in [2.24, 2.45) is 0 Å². The van der Waals surface area contributed by atoms with Gasteiger partial charge < -0.3 is 9.42 Å². The maximum atomic E-state index is 14.0. The van der Waals surface area contributed by atoms with Crippen LogP contribution < -0.4 is 4.90 Å². The number of halogens is 4. The molecule has 1 atom stereocenters. The maximum Gasteiger partial charge on any atom is 0.232 e. The van der Waals surface area contributed by atoms with E-state index in [4.69, 9.17) is 16.1 Å². The number of rotatable bonds is 3. The number of carbonyl (C=O) groups is 1. The molecule has 1 unspecified atom stereocenters. The van der Waals surface area contributed by atoms with Gasteiger partial charge in [0.25, 0.3) is 0 Å². The summed E-state index contributed by atoms with van der Waals surface area (Å²) in [5.41, 5.74) is 0.362. The number of amides is 1. The fourth-order valence-electron chi connectivity index (χ4n) is 2.96. The second kappa shape index (κ2) is 6.70. The van der Waals surface area contributed by atoms with Gasteiger partial charge in [0.2, 0.25) is 17.6 Å². The van der Waals surface area contributed by atoms with E-state index in [9.17, 15) is 18.0 Å². The molecule has 138 valence electrons. The molecule has 5 nitrogen and oxygen atoms in total. The lowest BCUT2D eigenvalue weighted by atomic mass is 10.1. The zero-order valence-electron chi connectivity index (χ0n) is 13.6. The van der Waals surface area contributed by atoms with Crippen molar-refractivity contribution in [2.75, 3.05) is 11.4 Å². The SMILES string of the molecule is O=C1CC(c2nc(-c3ccc(Cl)c(F)c3)no2)CN1c1ccc(F)cc1F. The Morgan fingerprint density at radius 3 is 2.67 bits per heavy atom. The lowest BCUT2D eigenvalue weighted by molar-refractivity contribution is -0.117. The van der Waals surface area contributed by atoms with Crippen LogP contribution in [0.25, 0.3) is 11.4 Å². The summed E-state index contributed by atoms with van der Waals surface area (Å²) in [5, 5.41) is 3.78. The molecule has 3 aromatic rings. The van der Waals surface area contributed by atoms with Gasteiger partial charge in [-0.3, -0.25) is 4.79 Å². The van der Waals surface area contributed by atoms with Crippen LogP contribution in [0.15, 0.2) is 40.9 Å². The third-order valence-corrected chi connectivity index (χ3v) is 4.60. The van der Waals surface area contributed by atoms with Crippen molar-refractivity contribution in [2.45, 2.75) is 12.3 Å². The van der Waals surface area contributed by atoms with Crippen molar-refractivity contribution in [3.05, 3.63) is 64.8 Å². The number of carbonyl (C=O) groups excluding carboxylic acids is 1. The molecule has 1 aromatic heterocycles. The summed E-state index contributed by atoms with van der Waals surface area (Å²) in [5.74, 6) is -2.64. The second-order valence-electron chi connectivity index (χ2n) is 6.09. The topological polar surface area (TPSA) is 59.2 Å². The van der Waals surface area contributed by atoms with Gasteiger partial charge in [-0.15, -0.1) is 0 Å². The van der Waals surface area contributed by atoms with Crippen LogP contribution in [0.4, 0.5) is 18.9 Å². The Labute approximate surface area is 156 Å². The molecule has 9 heteroatoms. The molecule has 27 heavy (non-hydrogen) atoms. The first-order valence-electron chi connectivity index (χ1n) is 7.97. The monoisotopic (exact) mass is 393 g/mol. The van der Waals surface area contributed by atoms with Crippen LogP contribution in [0.3, 0.4) is 0 Å². The quantitative estimate of drug-likeness (QED) is 0.664. The molecule has 0 aliphatic carbocycles. The first-order chi connectivity index (χ1) is 12.9. The lowest BCUT2D eigenvalue weighted by Gasteiger charge is -2.16. The number of nitrogens with zero attached hydrogens (tertiary/aromatic N) is 3. The zero-order chi connectivity index (χ0) is 19.1. The average Bonchev–Trinajstić information content (AvgIpc) is 3.25. The standard InChI is InChI=1S/C18H11ClF3N3O2/c19-12-3-1-9(5-13(12)21)17-23-18(27-24-17)10-6-16(26)25(8-10)15-4-2-11(20)7-14(15)22/h1-5,7,10H,6,8H2. The molecule has 0 bridgehead atoms. The molecule has 1 aliphatic heterocycles. The molecule has 1 fully saturated rings. The van der Waals surface area contributed by atoms with E-state index in [1.54, 1.807) is 6.07 Å². The number of benzene rings is 2. The predicted octanol–water partition coefficient (Wildman–Crippen LogP) is 4.33. The smallest absolute Gasteiger partial charge is 0.232 e. The summed E-state index contributed by atoms with van der Waals surface area (Å²) in [7, 11) is 0. The highest BCUT2D eigenvalue weighted by atomic mass is 35.5. The first kappa shape index (κ1) is 17.5. The summed E-state index contributed by atoms with van der Waals surface area (Å²) >= 11 is 5.65. The summed E-state index contributed by atoms with van der Waals surface area (Å²) in [6, 6.07) is 7.10. The van der Waals surface area contributed by atoms with Gasteiger partial charge in [-0.2, -0.15) is 4.98 Å². The van der Waals surface area contributed by atoms with Gasteiger partial charge in [-0.25, -0.2) is 13.2 Å². The summed E-state index contributed by atoms with van der Waals surface area (Å²) in [4.78, 5) is 17.7. The van der Waals surface area contributed by atoms with Crippen LogP contribution in [0.1, 0.15) is 18.2 Å². The Kier molecular flexibility index (Phi) is 4.35. The molecule has 4 rings (SSSR count). The van der Waals surface area contributed by atoms with E-state index in [1.807, 2.05) is 0 Å². The average molecular weight is 394 g/mol. The van der Waals surface area contributed by atoms with Gasteiger partial charge >= 0.3 is 0 Å². The van der Waals surface area contributed by atoms with E-state index in [-0.39, 0.29) is 41.3 Å². The fourth-order valence-corrected chi connectivity index (χ4v) is 3.08. The van der Waals surface area contributed by atoms with Crippen LogP contribution in [-0.2, 0) is 4.79 Å². The normalized spacial score (nSPS) is 17.0. The molecule has 0 N–H and O–H groups in total. The summed E-state index contributed by atoms with van der Waals surface area (Å²) < 4.78 is 45.9. The fraction of sp³-hybridized carbons (Fsp3) is 0.167. The Morgan fingerprint density at radius 1 is 1.11 bits per heavy atom. The van der Waals surface area contributed by atoms with Gasteiger partial charge in [-0.05, 0) is 30.3 Å². The van der Waals surface area contributed by atoms with Crippen molar-refractivity contribution in [1.29, 1.82) is 0 Å². The van der Waals surface area contributed by atoms with E-state index < -0.39 is 23.4 Å². The van der Waals surface area contributed by atoms with Crippen LogP contribution in [0.2, 0.25) is 5.02 Å². The summed E-state index contributed by atoms with van der Waals surface area (Å²) in [6.07, 6.45) is 0.0351. The minimum absolute atomic E-state index is 0.0107. The van der Waals surface area contributed by atoms with Crippen molar-refractivity contribution in [3.63, 3.8) is 0 Å². The van der Waals surface area contributed by atoms with Gasteiger partial charge in [0.05, 0.1) is 16.6 Å². The van der Waals surface area contributed by atoms with Crippen molar-refractivity contribution in [1.82, 2.24) is 10.1 Å². The Morgan fingerprint density at radius 2 is 1.93 bits per heavy atom. The van der Waals surface area contributed by atoms with Crippen LogP contribution in [-0.4, -0.2) is 22.6 Å². The molecule has 1 saturated heterocycles. The van der Waals surface area contributed by atoms with Gasteiger partial charge in [0.1, 0.15) is 17.5 Å². The van der Waals surface area contributed by atoms with Gasteiger partial charge in [0, 0.05) is 24.6 Å². The van der Waals surface area contributed by atoms with Crippen molar-refractivity contribution >= 4 is 23.2 Å². The number of hydrogen-bond acceptors (Lipinski definition) is 4. The summed E-state index contributed by atoms with van der Waals surface area (Å²) in [6.45, 7) is 0.109. The van der Waals surface area contributed by atoms with Crippen LogP contribution in [0.5, 0.6) is 0 Å². The molecule has 0 radical (unpaired) electrons. The Hall–Kier alpha value is -2.87. The minimum atomic E-state index is -0.827. The molecule has 2 aromatic carbocycles. The highest BCUT2D eigenvalue weighted by Gasteiger charge is 2.36. The van der Waals surface area contributed by atoms with Crippen molar-refractivity contribution in [3.8, 4) is 11.4 Å². The van der Waals surface area contributed by atoms with E-state index >= 15 is 0 Å². The van der Waals surface area contributed by atoms with E-state index in [2.05, 4.69) is 10.1 Å². The third kappa shape index (κ3) is 3.28. The second-order valence-corrected chi connectivity index (χ2v) is 6.49. The molecule has 1 amide bonds. The van der Waals surface area contributed by atoms with Gasteiger partial charge in [-0.1, -0.05) is 16.8 Å². The third-order valence-electron chi connectivity index (χ3n) is 4.29. The zero-order valence-corrected chi connectivity index (χ0v) is 14.4. The lowest BCUT2D eigenvalue weighted by Crippen LogP contribution is -2.25. The number of hydrogen-bond donors (Lipinski definition) is 0. The molecular weight excluding hydrogens is 383 g/mol.